The van der Waals surface area contributed by atoms with E-state index in [0.29, 0.717) is 15.7 Å². The van der Waals surface area contributed by atoms with Gasteiger partial charge in [-0.05, 0) is 17.7 Å². The third kappa shape index (κ3) is 2.51. The fraction of sp³-hybridized carbons (Fsp3) is 0.154. The molecular formula is C13H8F3N3O2. The molecule has 5 nitrogen and oxygen atoms in total. The Morgan fingerprint density at radius 3 is 2.62 bits per heavy atom. The average molecular weight is 295 g/mol. The minimum Gasteiger partial charge on any atom is -0.445 e. The standard InChI is InChI=1S/C13H8F3N3O2/c14-13(15,16)6-19-7-18-11-10(12(19)20)9(5-21-11)8-1-3-17-4-2-8/h1-5,7H,6H2. The van der Waals surface area contributed by atoms with Gasteiger partial charge in [0.05, 0.1) is 0 Å². The van der Waals surface area contributed by atoms with Gasteiger partial charge < -0.3 is 4.42 Å². The number of rotatable bonds is 2. The Morgan fingerprint density at radius 1 is 1.24 bits per heavy atom. The van der Waals surface area contributed by atoms with Crippen LogP contribution in [0.25, 0.3) is 22.2 Å². The molecule has 0 fully saturated rings. The summed E-state index contributed by atoms with van der Waals surface area (Å²) in [5.41, 5.74) is 0.219. The Bertz CT molecular complexity index is 837. The van der Waals surface area contributed by atoms with Crippen LogP contribution in [0.3, 0.4) is 0 Å². The van der Waals surface area contributed by atoms with Crippen LogP contribution < -0.4 is 5.56 Å². The second kappa shape index (κ2) is 4.72. The van der Waals surface area contributed by atoms with Crippen LogP contribution in [0.5, 0.6) is 0 Å². The van der Waals surface area contributed by atoms with E-state index in [1.54, 1.807) is 12.1 Å². The molecular weight excluding hydrogens is 287 g/mol. The quantitative estimate of drug-likeness (QED) is 0.729. The number of alkyl halides is 3. The first-order chi connectivity index (χ1) is 9.96. The van der Waals surface area contributed by atoms with Gasteiger partial charge >= 0.3 is 6.18 Å². The van der Waals surface area contributed by atoms with E-state index < -0.39 is 18.3 Å². The summed E-state index contributed by atoms with van der Waals surface area (Å²) in [6, 6.07) is 3.26. The Labute approximate surface area is 115 Å². The highest BCUT2D eigenvalue weighted by Gasteiger charge is 2.29. The van der Waals surface area contributed by atoms with Crippen LogP contribution in [-0.4, -0.2) is 20.7 Å². The Morgan fingerprint density at radius 2 is 1.95 bits per heavy atom. The summed E-state index contributed by atoms with van der Waals surface area (Å²) in [6.45, 7) is -1.39. The SMILES string of the molecule is O=c1c2c(-c3ccncc3)coc2ncn1CC(F)(F)F. The van der Waals surface area contributed by atoms with Crippen molar-refractivity contribution >= 4 is 11.1 Å². The highest BCUT2D eigenvalue weighted by Crippen LogP contribution is 2.26. The molecule has 108 valence electrons. The third-order valence-electron chi connectivity index (χ3n) is 2.90. The maximum absolute atomic E-state index is 12.5. The van der Waals surface area contributed by atoms with E-state index in [0.717, 1.165) is 6.33 Å². The molecule has 21 heavy (non-hydrogen) atoms. The van der Waals surface area contributed by atoms with Crippen LogP contribution in [0.1, 0.15) is 0 Å². The van der Waals surface area contributed by atoms with Crippen LogP contribution in [0.2, 0.25) is 0 Å². The molecule has 3 rings (SSSR count). The fourth-order valence-corrected chi connectivity index (χ4v) is 2.02. The zero-order valence-electron chi connectivity index (χ0n) is 10.5. The van der Waals surface area contributed by atoms with Gasteiger partial charge in [0, 0.05) is 18.0 Å². The van der Waals surface area contributed by atoms with Crippen molar-refractivity contribution in [3.63, 3.8) is 0 Å². The van der Waals surface area contributed by atoms with Crippen LogP contribution in [0.4, 0.5) is 13.2 Å². The highest BCUT2D eigenvalue weighted by molar-refractivity contribution is 5.91. The second-order valence-electron chi connectivity index (χ2n) is 4.36. The average Bonchev–Trinajstić information content (AvgIpc) is 2.86. The van der Waals surface area contributed by atoms with Crippen molar-refractivity contribution in [1.29, 1.82) is 0 Å². The molecule has 0 aliphatic heterocycles. The van der Waals surface area contributed by atoms with Crippen molar-refractivity contribution in [3.8, 4) is 11.1 Å². The molecule has 0 aliphatic carbocycles. The van der Waals surface area contributed by atoms with Gasteiger partial charge in [-0.1, -0.05) is 0 Å². The largest absolute Gasteiger partial charge is 0.445 e. The summed E-state index contributed by atoms with van der Waals surface area (Å²) in [6.07, 6.45) is 0.654. The molecule has 0 spiro atoms. The molecule has 0 aliphatic rings. The summed E-state index contributed by atoms with van der Waals surface area (Å²) in [5, 5.41) is 0.0212. The first-order valence-corrected chi connectivity index (χ1v) is 5.89. The van der Waals surface area contributed by atoms with Gasteiger partial charge in [0.2, 0.25) is 5.71 Å². The molecule has 0 saturated heterocycles. The number of nitrogens with zero attached hydrogens (tertiary/aromatic N) is 3. The van der Waals surface area contributed by atoms with Crippen molar-refractivity contribution in [2.45, 2.75) is 12.7 Å². The van der Waals surface area contributed by atoms with Gasteiger partial charge in [0.25, 0.3) is 5.56 Å². The summed E-state index contributed by atoms with van der Waals surface area (Å²) in [4.78, 5) is 19.8. The topological polar surface area (TPSA) is 60.9 Å². The normalized spacial score (nSPS) is 12.0. The molecule has 0 amide bonds. The molecule has 0 bridgehead atoms. The smallest absolute Gasteiger partial charge is 0.406 e. The summed E-state index contributed by atoms with van der Waals surface area (Å²) >= 11 is 0. The minimum absolute atomic E-state index is 0.00485. The van der Waals surface area contributed by atoms with Crippen LogP contribution >= 0.6 is 0 Å². The van der Waals surface area contributed by atoms with Crippen molar-refractivity contribution in [3.05, 3.63) is 47.5 Å². The predicted molar refractivity (Wildman–Crippen MR) is 67.6 cm³/mol. The van der Waals surface area contributed by atoms with Crippen LogP contribution in [0.15, 0.2) is 46.3 Å². The van der Waals surface area contributed by atoms with E-state index in [9.17, 15) is 18.0 Å². The van der Waals surface area contributed by atoms with Crippen molar-refractivity contribution < 1.29 is 17.6 Å². The number of hydrogen-bond donors (Lipinski definition) is 0. The molecule has 8 heteroatoms. The second-order valence-corrected chi connectivity index (χ2v) is 4.36. The maximum Gasteiger partial charge on any atom is 0.406 e. The van der Waals surface area contributed by atoms with Crippen molar-refractivity contribution in [2.24, 2.45) is 0 Å². The molecule has 0 N–H and O–H groups in total. The monoisotopic (exact) mass is 295 g/mol. The first kappa shape index (κ1) is 13.3. The lowest BCUT2D eigenvalue weighted by molar-refractivity contribution is -0.141. The fourth-order valence-electron chi connectivity index (χ4n) is 2.02. The zero-order valence-corrected chi connectivity index (χ0v) is 10.5. The number of pyridine rings is 1. The number of aromatic nitrogens is 3. The summed E-state index contributed by atoms with van der Waals surface area (Å²) in [7, 11) is 0. The Hall–Kier alpha value is -2.64. The third-order valence-corrected chi connectivity index (χ3v) is 2.90. The van der Waals surface area contributed by atoms with Gasteiger partial charge in [-0.15, -0.1) is 0 Å². The van der Waals surface area contributed by atoms with Gasteiger partial charge in [0.15, 0.2) is 0 Å². The molecule has 0 aromatic carbocycles. The number of furan rings is 1. The molecule has 3 heterocycles. The lowest BCUT2D eigenvalue weighted by Gasteiger charge is -2.08. The minimum atomic E-state index is -4.50. The maximum atomic E-state index is 12.5. The molecule has 0 unspecified atom stereocenters. The molecule has 0 saturated carbocycles. The van der Waals surface area contributed by atoms with E-state index in [2.05, 4.69) is 9.97 Å². The molecule has 3 aromatic rings. The van der Waals surface area contributed by atoms with Crippen molar-refractivity contribution in [1.82, 2.24) is 14.5 Å². The van der Waals surface area contributed by atoms with Gasteiger partial charge in [-0.3, -0.25) is 14.3 Å². The highest BCUT2D eigenvalue weighted by atomic mass is 19.4. The van der Waals surface area contributed by atoms with E-state index in [1.165, 1.54) is 18.7 Å². The van der Waals surface area contributed by atoms with Gasteiger partial charge in [-0.25, -0.2) is 4.98 Å². The Balaban J connectivity index is 2.21. The van der Waals surface area contributed by atoms with E-state index in [1.807, 2.05) is 0 Å². The summed E-state index contributed by atoms with van der Waals surface area (Å²) < 4.78 is 43.0. The van der Waals surface area contributed by atoms with E-state index in [-0.39, 0.29) is 11.1 Å². The van der Waals surface area contributed by atoms with Gasteiger partial charge in [0.1, 0.15) is 24.5 Å². The van der Waals surface area contributed by atoms with Crippen LogP contribution in [-0.2, 0) is 6.54 Å². The van der Waals surface area contributed by atoms with Gasteiger partial charge in [-0.2, -0.15) is 13.2 Å². The molecule has 3 aromatic heterocycles. The Kier molecular flexibility index (Phi) is 3.00. The first-order valence-electron chi connectivity index (χ1n) is 5.89. The number of fused-ring (bicyclic) bond motifs is 1. The molecule has 0 atom stereocenters. The lowest BCUT2D eigenvalue weighted by Crippen LogP contribution is -2.28. The van der Waals surface area contributed by atoms with Crippen LogP contribution in [0, 0.1) is 0 Å². The number of halogens is 3. The predicted octanol–water partition coefficient (Wildman–Crippen LogP) is 2.61. The summed E-state index contributed by atoms with van der Waals surface area (Å²) in [5.74, 6) is 0. The molecule has 0 radical (unpaired) electrons. The number of hydrogen-bond acceptors (Lipinski definition) is 4. The zero-order chi connectivity index (χ0) is 15.0. The van der Waals surface area contributed by atoms with E-state index in [4.69, 9.17) is 4.42 Å². The lowest BCUT2D eigenvalue weighted by atomic mass is 10.1. The van der Waals surface area contributed by atoms with Crippen molar-refractivity contribution in [2.75, 3.05) is 0 Å². The van der Waals surface area contributed by atoms with E-state index >= 15 is 0 Å².